The molecule has 16 heavy (non-hydrogen) atoms. The average molecular weight is 217 g/mol. The van der Waals surface area contributed by atoms with Crippen LogP contribution in [-0.4, -0.2) is 14.9 Å². The van der Waals surface area contributed by atoms with Crippen LogP contribution in [0.3, 0.4) is 0 Å². The molecule has 4 nitrogen and oxygen atoms in total. The summed E-state index contributed by atoms with van der Waals surface area (Å²) in [5.74, 6) is 0.282. The van der Waals surface area contributed by atoms with E-state index in [2.05, 4.69) is 17.3 Å². The molecule has 1 aromatic heterocycles. The number of aromatic nitrogens is 2. The second kappa shape index (κ2) is 4.70. The summed E-state index contributed by atoms with van der Waals surface area (Å²) in [6.07, 6.45) is 3.88. The molecular weight excluding hydrogens is 202 g/mol. The summed E-state index contributed by atoms with van der Waals surface area (Å²) >= 11 is 0. The van der Waals surface area contributed by atoms with E-state index in [1.807, 2.05) is 29.2 Å². The molecule has 2 N–H and O–H groups in total. The van der Waals surface area contributed by atoms with Crippen LogP contribution in [0.25, 0.3) is 0 Å². The first kappa shape index (κ1) is 10.5. The third-order valence-corrected chi connectivity index (χ3v) is 2.37. The normalized spacial score (nSPS) is 10.3. The molecule has 0 aliphatic heterocycles. The number of phenolic OH excluding ortho intramolecular Hbond substituents is 1. The molecule has 0 fully saturated rings. The highest BCUT2D eigenvalue weighted by atomic mass is 16.3. The van der Waals surface area contributed by atoms with Gasteiger partial charge in [0.05, 0.1) is 6.20 Å². The molecule has 1 heterocycles. The highest BCUT2D eigenvalue weighted by Crippen LogP contribution is 2.14. The van der Waals surface area contributed by atoms with Crippen LogP contribution in [-0.2, 0) is 13.1 Å². The van der Waals surface area contributed by atoms with Crippen LogP contribution in [0.15, 0.2) is 36.7 Å². The quantitative estimate of drug-likeness (QED) is 0.772. The minimum Gasteiger partial charge on any atom is -0.508 e. The van der Waals surface area contributed by atoms with E-state index in [0.717, 1.165) is 24.3 Å². The Morgan fingerprint density at radius 2 is 2.06 bits per heavy atom. The minimum absolute atomic E-state index is 0.282. The maximum atomic E-state index is 9.14. The lowest BCUT2D eigenvalue weighted by molar-refractivity contribution is 0.475. The Labute approximate surface area is 94.5 Å². The zero-order valence-corrected chi connectivity index (χ0v) is 9.22. The van der Waals surface area contributed by atoms with E-state index in [1.165, 1.54) is 0 Å². The molecule has 0 aliphatic carbocycles. The lowest BCUT2D eigenvalue weighted by atomic mass is 10.3. The van der Waals surface area contributed by atoms with E-state index in [0.29, 0.717) is 0 Å². The van der Waals surface area contributed by atoms with Gasteiger partial charge in [0, 0.05) is 30.5 Å². The highest BCUT2D eigenvalue weighted by Gasteiger charge is 1.97. The molecule has 0 unspecified atom stereocenters. The SMILES string of the molecule is CCn1cc(CNc2ccc(O)cc2)cn1. The second-order valence-corrected chi connectivity index (χ2v) is 3.60. The fourth-order valence-corrected chi connectivity index (χ4v) is 1.45. The Morgan fingerprint density at radius 1 is 1.31 bits per heavy atom. The summed E-state index contributed by atoms with van der Waals surface area (Å²) in [5.41, 5.74) is 2.14. The van der Waals surface area contributed by atoms with E-state index < -0.39 is 0 Å². The predicted molar refractivity (Wildman–Crippen MR) is 63.3 cm³/mol. The Balaban J connectivity index is 1.94. The first-order chi connectivity index (χ1) is 7.78. The second-order valence-electron chi connectivity index (χ2n) is 3.60. The standard InChI is InChI=1S/C12H15N3O/c1-2-15-9-10(8-14-15)7-13-11-3-5-12(16)6-4-11/h3-6,8-9,13,16H,2,7H2,1H3. The summed E-state index contributed by atoms with van der Waals surface area (Å²) in [6, 6.07) is 7.02. The van der Waals surface area contributed by atoms with Gasteiger partial charge in [0.25, 0.3) is 0 Å². The van der Waals surface area contributed by atoms with Crippen molar-refractivity contribution in [2.75, 3.05) is 5.32 Å². The van der Waals surface area contributed by atoms with Gasteiger partial charge in [-0.25, -0.2) is 0 Å². The Morgan fingerprint density at radius 3 is 2.69 bits per heavy atom. The number of anilines is 1. The third kappa shape index (κ3) is 2.53. The number of aromatic hydroxyl groups is 1. The van der Waals surface area contributed by atoms with E-state index in [4.69, 9.17) is 5.11 Å². The lowest BCUT2D eigenvalue weighted by Crippen LogP contribution is -1.98. The Kier molecular flexibility index (Phi) is 3.10. The molecule has 1 aromatic carbocycles. The van der Waals surface area contributed by atoms with Gasteiger partial charge in [0.2, 0.25) is 0 Å². The highest BCUT2D eigenvalue weighted by molar-refractivity contribution is 5.46. The number of benzene rings is 1. The van der Waals surface area contributed by atoms with Gasteiger partial charge < -0.3 is 10.4 Å². The van der Waals surface area contributed by atoms with Gasteiger partial charge in [0.1, 0.15) is 5.75 Å². The van der Waals surface area contributed by atoms with Crippen molar-refractivity contribution >= 4 is 5.69 Å². The van der Waals surface area contributed by atoms with E-state index in [9.17, 15) is 0 Å². The number of phenols is 1. The van der Waals surface area contributed by atoms with Crippen molar-refractivity contribution in [1.82, 2.24) is 9.78 Å². The van der Waals surface area contributed by atoms with Gasteiger partial charge in [-0.3, -0.25) is 4.68 Å². The monoisotopic (exact) mass is 217 g/mol. The van der Waals surface area contributed by atoms with Crippen molar-refractivity contribution in [2.45, 2.75) is 20.0 Å². The lowest BCUT2D eigenvalue weighted by Gasteiger charge is -2.04. The van der Waals surface area contributed by atoms with Crippen LogP contribution in [0.1, 0.15) is 12.5 Å². The van der Waals surface area contributed by atoms with Gasteiger partial charge in [-0.15, -0.1) is 0 Å². The zero-order valence-electron chi connectivity index (χ0n) is 9.22. The summed E-state index contributed by atoms with van der Waals surface area (Å²) < 4.78 is 1.90. The topological polar surface area (TPSA) is 50.1 Å². The molecule has 0 saturated heterocycles. The molecule has 4 heteroatoms. The molecule has 0 bridgehead atoms. The number of aryl methyl sites for hydroxylation is 1. The van der Waals surface area contributed by atoms with E-state index in [-0.39, 0.29) is 5.75 Å². The molecule has 0 radical (unpaired) electrons. The van der Waals surface area contributed by atoms with E-state index in [1.54, 1.807) is 12.1 Å². The van der Waals surface area contributed by atoms with Crippen LogP contribution in [0.2, 0.25) is 0 Å². The average Bonchev–Trinajstić information content (AvgIpc) is 2.76. The van der Waals surface area contributed by atoms with Crippen molar-refractivity contribution in [3.63, 3.8) is 0 Å². The van der Waals surface area contributed by atoms with Crippen molar-refractivity contribution in [3.8, 4) is 5.75 Å². The van der Waals surface area contributed by atoms with Gasteiger partial charge in [0.15, 0.2) is 0 Å². The fraction of sp³-hybridized carbons (Fsp3) is 0.250. The van der Waals surface area contributed by atoms with Crippen molar-refractivity contribution < 1.29 is 5.11 Å². The summed E-state index contributed by atoms with van der Waals surface area (Å²) in [5, 5.41) is 16.6. The predicted octanol–water partition coefficient (Wildman–Crippen LogP) is 2.22. The number of nitrogens with zero attached hydrogens (tertiary/aromatic N) is 2. The maximum absolute atomic E-state index is 9.14. The van der Waals surface area contributed by atoms with Crippen LogP contribution < -0.4 is 5.32 Å². The van der Waals surface area contributed by atoms with Crippen LogP contribution in [0, 0.1) is 0 Å². The molecule has 0 atom stereocenters. The van der Waals surface area contributed by atoms with Gasteiger partial charge in [-0.05, 0) is 31.2 Å². The first-order valence-corrected chi connectivity index (χ1v) is 5.32. The maximum Gasteiger partial charge on any atom is 0.115 e. The van der Waals surface area contributed by atoms with Crippen molar-refractivity contribution in [1.29, 1.82) is 0 Å². The molecule has 2 rings (SSSR count). The number of hydrogen-bond donors (Lipinski definition) is 2. The van der Waals surface area contributed by atoms with Crippen molar-refractivity contribution in [2.24, 2.45) is 0 Å². The number of rotatable bonds is 4. The summed E-state index contributed by atoms with van der Waals surface area (Å²) in [7, 11) is 0. The molecule has 0 aliphatic rings. The molecule has 2 aromatic rings. The van der Waals surface area contributed by atoms with E-state index >= 15 is 0 Å². The molecule has 0 spiro atoms. The van der Waals surface area contributed by atoms with Gasteiger partial charge in [-0.1, -0.05) is 0 Å². The molecule has 0 amide bonds. The third-order valence-electron chi connectivity index (χ3n) is 2.37. The molecule has 84 valence electrons. The molecule has 0 saturated carbocycles. The first-order valence-electron chi connectivity index (χ1n) is 5.32. The fourth-order valence-electron chi connectivity index (χ4n) is 1.45. The van der Waals surface area contributed by atoms with Gasteiger partial charge in [-0.2, -0.15) is 5.10 Å². The number of nitrogens with one attached hydrogen (secondary N) is 1. The Bertz CT molecular complexity index is 448. The van der Waals surface area contributed by atoms with Crippen LogP contribution in [0.4, 0.5) is 5.69 Å². The largest absolute Gasteiger partial charge is 0.508 e. The van der Waals surface area contributed by atoms with Crippen LogP contribution in [0.5, 0.6) is 5.75 Å². The summed E-state index contributed by atoms with van der Waals surface area (Å²) in [6.45, 7) is 3.69. The zero-order chi connectivity index (χ0) is 11.4. The molecular formula is C12H15N3O. The van der Waals surface area contributed by atoms with Crippen molar-refractivity contribution in [3.05, 3.63) is 42.2 Å². The van der Waals surface area contributed by atoms with Gasteiger partial charge >= 0.3 is 0 Å². The Hall–Kier alpha value is -1.97. The summed E-state index contributed by atoms with van der Waals surface area (Å²) in [4.78, 5) is 0. The van der Waals surface area contributed by atoms with Crippen LogP contribution >= 0.6 is 0 Å². The smallest absolute Gasteiger partial charge is 0.115 e. The number of hydrogen-bond acceptors (Lipinski definition) is 3. The minimum atomic E-state index is 0.282.